The monoisotopic (exact) mass is 454 g/mol. The van der Waals surface area contributed by atoms with Crippen molar-refractivity contribution in [1.82, 2.24) is 10.3 Å². The van der Waals surface area contributed by atoms with Crippen LogP contribution in [0, 0.1) is 5.92 Å². The van der Waals surface area contributed by atoms with Crippen LogP contribution in [0.25, 0.3) is 22.2 Å². The molecule has 33 heavy (non-hydrogen) atoms. The van der Waals surface area contributed by atoms with Crippen molar-refractivity contribution in [3.8, 4) is 11.3 Å². The first kappa shape index (κ1) is 21.5. The van der Waals surface area contributed by atoms with Crippen LogP contribution in [0.1, 0.15) is 30.0 Å². The van der Waals surface area contributed by atoms with E-state index >= 15 is 0 Å². The Bertz CT molecular complexity index is 1320. The zero-order valence-electron chi connectivity index (χ0n) is 18.5. The van der Waals surface area contributed by atoms with Gasteiger partial charge in [-0.3, -0.25) is 9.00 Å². The molecule has 1 fully saturated rings. The number of pyridine rings is 1. The first-order valence-electron chi connectivity index (χ1n) is 11.3. The molecule has 5 rings (SSSR count). The molecule has 0 aliphatic heterocycles. The van der Waals surface area contributed by atoms with Crippen molar-refractivity contribution < 1.29 is 9.00 Å². The molecule has 2 unspecified atom stereocenters. The molecule has 5 heteroatoms. The number of carbonyl (C=O) groups excluding carboxylic acids is 1. The average molecular weight is 455 g/mol. The highest BCUT2D eigenvalue weighted by Crippen LogP contribution is 2.41. The SMILES string of the molecule is CS(=O)c1c(-c2ccccc2)nc2ccccc2c1CC(=O)NC(c1ccccc1)C1CC1. The summed E-state index contributed by atoms with van der Waals surface area (Å²) in [4.78, 5) is 18.9. The topological polar surface area (TPSA) is 59.1 Å². The van der Waals surface area contributed by atoms with E-state index < -0.39 is 10.8 Å². The summed E-state index contributed by atoms with van der Waals surface area (Å²) in [5, 5.41) is 4.15. The van der Waals surface area contributed by atoms with Crippen LogP contribution >= 0.6 is 0 Å². The molecule has 1 aromatic heterocycles. The van der Waals surface area contributed by atoms with Crippen LogP contribution in [-0.4, -0.2) is 21.4 Å². The van der Waals surface area contributed by atoms with Gasteiger partial charge in [0, 0.05) is 17.2 Å². The van der Waals surface area contributed by atoms with Crippen LogP contribution in [0.4, 0.5) is 0 Å². The third kappa shape index (κ3) is 4.60. The lowest BCUT2D eigenvalue weighted by Crippen LogP contribution is -2.31. The van der Waals surface area contributed by atoms with E-state index in [1.54, 1.807) is 6.26 Å². The van der Waals surface area contributed by atoms with Crippen LogP contribution in [0.3, 0.4) is 0 Å². The number of amides is 1. The van der Waals surface area contributed by atoms with E-state index in [0.717, 1.165) is 40.4 Å². The van der Waals surface area contributed by atoms with Gasteiger partial charge in [-0.05, 0) is 36.0 Å². The van der Waals surface area contributed by atoms with Gasteiger partial charge in [0.2, 0.25) is 5.91 Å². The third-order valence-electron chi connectivity index (χ3n) is 6.19. The quantitative estimate of drug-likeness (QED) is 0.404. The second kappa shape index (κ2) is 9.28. The van der Waals surface area contributed by atoms with Gasteiger partial charge in [-0.25, -0.2) is 4.98 Å². The highest BCUT2D eigenvalue weighted by molar-refractivity contribution is 7.84. The van der Waals surface area contributed by atoms with E-state index in [1.807, 2.05) is 72.8 Å². The van der Waals surface area contributed by atoms with E-state index in [1.165, 1.54) is 0 Å². The molecule has 2 atom stereocenters. The van der Waals surface area contributed by atoms with Gasteiger partial charge in [-0.2, -0.15) is 0 Å². The Morgan fingerprint density at radius 1 is 0.970 bits per heavy atom. The third-order valence-corrected chi connectivity index (χ3v) is 7.21. The second-order valence-corrected chi connectivity index (χ2v) is 9.89. The fourth-order valence-corrected chi connectivity index (χ4v) is 5.45. The molecular weight excluding hydrogens is 428 g/mol. The zero-order valence-corrected chi connectivity index (χ0v) is 19.3. The molecule has 0 bridgehead atoms. The highest BCUT2D eigenvalue weighted by Gasteiger charge is 2.33. The predicted octanol–water partition coefficient (Wildman–Crippen LogP) is 5.45. The highest BCUT2D eigenvalue weighted by atomic mass is 32.2. The molecule has 0 radical (unpaired) electrons. The van der Waals surface area contributed by atoms with Gasteiger partial charge >= 0.3 is 0 Å². The molecule has 1 amide bonds. The molecule has 0 saturated heterocycles. The van der Waals surface area contributed by atoms with Crippen LogP contribution < -0.4 is 5.32 Å². The van der Waals surface area contributed by atoms with Crippen molar-refractivity contribution in [1.29, 1.82) is 0 Å². The van der Waals surface area contributed by atoms with E-state index in [2.05, 4.69) is 17.4 Å². The van der Waals surface area contributed by atoms with Crippen LogP contribution in [0.5, 0.6) is 0 Å². The first-order valence-corrected chi connectivity index (χ1v) is 12.8. The standard InChI is InChI=1S/C28H26N2O2S/c1-33(32)28-23(18-25(31)30-26(21-16-17-21)19-10-4-2-5-11-19)22-14-8-9-15-24(22)29-27(28)20-12-6-3-7-13-20/h2-15,21,26H,16-18H2,1H3,(H,30,31). The number of aromatic nitrogens is 1. The normalized spacial score (nSPS) is 15.2. The van der Waals surface area contributed by atoms with Crippen LogP contribution in [0.15, 0.2) is 89.8 Å². The lowest BCUT2D eigenvalue weighted by Gasteiger charge is -2.20. The molecule has 3 aromatic carbocycles. The molecule has 166 valence electrons. The molecule has 1 saturated carbocycles. The maximum absolute atomic E-state index is 13.4. The lowest BCUT2D eigenvalue weighted by atomic mass is 9.99. The van der Waals surface area contributed by atoms with Crippen LogP contribution in [-0.2, 0) is 22.0 Å². The Labute approximate surface area is 196 Å². The largest absolute Gasteiger partial charge is 0.349 e. The number of nitrogens with one attached hydrogen (secondary N) is 1. The van der Waals surface area contributed by atoms with Crippen molar-refractivity contribution in [3.05, 3.63) is 96.1 Å². The summed E-state index contributed by atoms with van der Waals surface area (Å²) in [6, 6.07) is 27.7. The van der Waals surface area contributed by atoms with Crippen LogP contribution in [0.2, 0.25) is 0 Å². The Morgan fingerprint density at radius 2 is 1.61 bits per heavy atom. The van der Waals surface area contributed by atoms with Gasteiger partial charge in [0.25, 0.3) is 0 Å². The summed E-state index contributed by atoms with van der Waals surface area (Å²) in [5.41, 5.74) is 4.31. The molecule has 4 aromatic rings. The van der Waals surface area contributed by atoms with Gasteiger partial charge in [-0.1, -0.05) is 78.9 Å². The number of fused-ring (bicyclic) bond motifs is 1. The fraction of sp³-hybridized carbons (Fsp3) is 0.214. The smallest absolute Gasteiger partial charge is 0.224 e. The number of hydrogen-bond donors (Lipinski definition) is 1. The average Bonchev–Trinajstić information content (AvgIpc) is 3.68. The Kier molecular flexibility index (Phi) is 6.05. The minimum atomic E-state index is -1.31. The summed E-state index contributed by atoms with van der Waals surface area (Å²) < 4.78 is 13.0. The van der Waals surface area contributed by atoms with E-state index in [9.17, 15) is 9.00 Å². The minimum Gasteiger partial charge on any atom is -0.349 e. The number of nitrogens with zero attached hydrogens (tertiary/aromatic N) is 1. The Balaban J connectivity index is 1.56. The van der Waals surface area contributed by atoms with Crippen molar-refractivity contribution in [2.24, 2.45) is 5.92 Å². The number of carbonyl (C=O) groups is 1. The summed E-state index contributed by atoms with van der Waals surface area (Å²) in [6.45, 7) is 0. The number of benzene rings is 3. The Morgan fingerprint density at radius 3 is 2.27 bits per heavy atom. The summed E-state index contributed by atoms with van der Waals surface area (Å²) in [5.74, 6) is 0.419. The molecule has 4 nitrogen and oxygen atoms in total. The molecular formula is C28H26N2O2S. The van der Waals surface area contributed by atoms with Gasteiger partial charge in [0.1, 0.15) is 0 Å². The predicted molar refractivity (Wildman–Crippen MR) is 133 cm³/mol. The number of rotatable bonds is 7. The maximum Gasteiger partial charge on any atom is 0.224 e. The molecule has 1 N–H and O–H groups in total. The van der Waals surface area contributed by atoms with E-state index in [-0.39, 0.29) is 18.4 Å². The van der Waals surface area contributed by atoms with Crippen molar-refractivity contribution >= 4 is 27.6 Å². The molecule has 1 heterocycles. The van der Waals surface area contributed by atoms with Gasteiger partial charge < -0.3 is 5.32 Å². The van der Waals surface area contributed by atoms with E-state index in [0.29, 0.717) is 16.5 Å². The van der Waals surface area contributed by atoms with Gasteiger partial charge in [0.15, 0.2) is 0 Å². The summed E-state index contributed by atoms with van der Waals surface area (Å²) in [7, 11) is -1.31. The number of para-hydroxylation sites is 1. The van der Waals surface area contributed by atoms with Crippen molar-refractivity contribution in [2.75, 3.05) is 6.26 Å². The van der Waals surface area contributed by atoms with Gasteiger partial charge in [-0.15, -0.1) is 0 Å². The molecule has 1 aliphatic rings. The van der Waals surface area contributed by atoms with Gasteiger partial charge in [0.05, 0.1) is 39.4 Å². The molecule has 0 spiro atoms. The lowest BCUT2D eigenvalue weighted by molar-refractivity contribution is -0.121. The van der Waals surface area contributed by atoms with E-state index in [4.69, 9.17) is 4.98 Å². The summed E-state index contributed by atoms with van der Waals surface area (Å²) >= 11 is 0. The zero-order chi connectivity index (χ0) is 22.8. The Hall–Kier alpha value is -3.31. The minimum absolute atomic E-state index is 0.0102. The first-order chi connectivity index (χ1) is 16.1. The second-order valence-electron chi connectivity index (χ2n) is 8.58. The number of hydrogen-bond acceptors (Lipinski definition) is 3. The van der Waals surface area contributed by atoms with Crippen molar-refractivity contribution in [3.63, 3.8) is 0 Å². The van der Waals surface area contributed by atoms with Crippen molar-refractivity contribution in [2.45, 2.75) is 30.2 Å². The maximum atomic E-state index is 13.4. The summed E-state index contributed by atoms with van der Waals surface area (Å²) in [6.07, 6.45) is 4.07. The fourth-order valence-electron chi connectivity index (χ4n) is 4.49. The molecule has 1 aliphatic carbocycles.